The van der Waals surface area contributed by atoms with Crippen LogP contribution in [0.4, 0.5) is 0 Å². The number of aryl methyl sites for hydroxylation is 1. The summed E-state index contributed by atoms with van der Waals surface area (Å²) >= 11 is 9.41. The van der Waals surface area contributed by atoms with Crippen LogP contribution in [0.15, 0.2) is 18.2 Å². The molecule has 1 aliphatic rings. The fourth-order valence-electron chi connectivity index (χ4n) is 2.78. The molecule has 0 atom stereocenters. The monoisotopic (exact) mass is 343 g/mol. The van der Waals surface area contributed by atoms with Crippen molar-refractivity contribution in [3.05, 3.63) is 34.3 Å². The van der Waals surface area contributed by atoms with Crippen LogP contribution in [0.25, 0.3) is 0 Å². The molecular weight excluding hydrogens is 326 g/mol. The Labute approximate surface area is 128 Å². The molecule has 1 aromatic carbocycles. The van der Waals surface area contributed by atoms with Crippen LogP contribution in [0.2, 0.25) is 5.02 Å². The zero-order valence-corrected chi connectivity index (χ0v) is 13.5. The van der Waals surface area contributed by atoms with Gasteiger partial charge in [-0.15, -0.1) is 0 Å². The minimum Gasteiger partial charge on any atom is -0.335 e. The maximum Gasteiger partial charge on any atom is 0.254 e. The molecule has 0 saturated heterocycles. The second-order valence-corrected chi connectivity index (χ2v) is 6.31. The van der Waals surface area contributed by atoms with Crippen molar-refractivity contribution in [2.45, 2.75) is 38.6 Å². The predicted molar refractivity (Wildman–Crippen MR) is 83.3 cm³/mol. The molecule has 0 heterocycles. The normalized spacial score (nSPS) is 15.7. The van der Waals surface area contributed by atoms with E-state index in [9.17, 15) is 4.79 Å². The van der Waals surface area contributed by atoms with Gasteiger partial charge in [-0.2, -0.15) is 0 Å². The summed E-state index contributed by atoms with van der Waals surface area (Å²) in [5.41, 5.74) is 1.73. The van der Waals surface area contributed by atoms with Gasteiger partial charge >= 0.3 is 0 Å². The van der Waals surface area contributed by atoms with E-state index in [0.29, 0.717) is 11.1 Å². The van der Waals surface area contributed by atoms with Crippen molar-refractivity contribution in [2.75, 3.05) is 11.9 Å². The second-order valence-electron chi connectivity index (χ2n) is 5.09. The molecule has 1 aromatic rings. The number of carbonyl (C=O) groups is 1. The summed E-state index contributed by atoms with van der Waals surface area (Å²) in [4.78, 5) is 14.7. The number of benzene rings is 1. The first-order valence-electron chi connectivity index (χ1n) is 6.76. The van der Waals surface area contributed by atoms with E-state index in [1.165, 1.54) is 12.8 Å². The minimum absolute atomic E-state index is 0.139. The molecule has 0 aliphatic heterocycles. The zero-order valence-electron chi connectivity index (χ0n) is 11.2. The SMILES string of the molecule is Cc1cc(Cl)ccc1C(=O)N(CCBr)C1CCCC1. The molecule has 0 unspecified atom stereocenters. The average Bonchev–Trinajstić information content (AvgIpc) is 2.89. The topological polar surface area (TPSA) is 20.3 Å². The van der Waals surface area contributed by atoms with Crippen LogP contribution in [0.1, 0.15) is 41.6 Å². The lowest BCUT2D eigenvalue weighted by Gasteiger charge is -2.29. The molecule has 4 heteroatoms. The molecule has 0 aromatic heterocycles. The molecule has 1 amide bonds. The summed E-state index contributed by atoms with van der Waals surface area (Å²) in [6, 6.07) is 5.90. The predicted octanol–water partition coefficient (Wildman–Crippen LogP) is 4.43. The third-order valence-electron chi connectivity index (χ3n) is 3.77. The highest BCUT2D eigenvalue weighted by Gasteiger charge is 2.27. The van der Waals surface area contributed by atoms with Gasteiger partial charge in [0.05, 0.1) is 0 Å². The lowest BCUT2D eigenvalue weighted by molar-refractivity contribution is 0.0695. The van der Waals surface area contributed by atoms with Gasteiger partial charge in [-0.25, -0.2) is 0 Å². The number of rotatable bonds is 4. The van der Waals surface area contributed by atoms with Crippen LogP contribution in [0.5, 0.6) is 0 Å². The van der Waals surface area contributed by atoms with E-state index >= 15 is 0 Å². The summed E-state index contributed by atoms with van der Waals surface area (Å²) in [6.45, 7) is 2.71. The molecule has 19 heavy (non-hydrogen) atoms. The van der Waals surface area contributed by atoms with Gasteiger partial charge in [0.15, 0.2) is 0 Å². The van der Waals surface area contributed by atoms with Crippen LogP contribution in [-0.2, 0) is 0 Å². The number of amides is 1. The zero-order chi connectivity index (χ0) is 13.8. The fraction of sp³-hybridized carbons (Fsp3) is 0.533. The summed E-state index contributed by atoms with van der Waals surface area (Å²) in [7, 11) is 0. The molecule has 2 rings (SSSR count). The lowest BCUT2D eigenvalue weighted by Crippen LogP contribution is -2.40. The number of halogens is 2. The van der Waals surface area contributed by atoms with Crippen molar-refractivity contribution < 1.29 is 4.79 Å². The van der Waals surface area contributed by atoms with Crippen molar-refractivity contribution >= 4 is 33.4 Å². The van der Waals surface area contributed by atoms with Crippen molar-refractivity contribution in [3.63, 3.8) is 0 Å². The van der Waals surface area contributed by atoms with Gasteiger partial charge < -0.3 is 4.90 Å². The molecule has 0 bridgehead atoms. The molecular formula is C15H19BrClNO. The largest absolute Gasteiger partial charge is 0.335 e. The number of hydrogen-bond donors (Lipinski definition) is 0. The highest BCUT2D eigenvalue weighted by atomic mass is 79.9. The van der Waals surface area contributed by atoms with Crippen LogP contribution in [0, 0.1) is 6.92 Å². The Kier molecular flexibility index (Phi) is 5.28. The number of hydrogen-bond acceptors (Lipinski definition) is 1. The van der Waals surface area contributed by atoms with E-state index in [4.69, 9.17) is 11.6 Å². The van der Waals surface area contributed by atoms with Crippen molar-refractivity contribution in [2.24, 2.45) is 0 Å². The first kappa shape index (κ1) is 14.9. The van der Waals surface area contributed by atoms with Gasteiger partial charge in [-0.1, -0.05) is 40.4 Å². The molecule has 0 radical (unpaired) electrons. The van der Waals surface area contributed by atoms with Crippen LogP contribution >= 0.6 is 27.5 Å². The Hall–Kier alpha value is -0.540. The Balaban J connectivity index is 2.22. The molecule has 1 fully saturated rings. The number of alkyl halides is 1. The van der Waals surface area contributed by atoms with Gasteiger partial charge in [-0.05, 0) is 43.5 Å². The summed E-state index contributed by atoms with van der Waals surface area (Å²) in [5, 5.41) is 1.50. The Morgan fingerprint density at radius 3 is 2.68 bits per heavy atom. The van der Waals surface area contributed by atoms with E-state index < -0.39 is 0 Å². The van der Waals surface area contributed by atoms with E-state index in [1.54, 1.807) is 6.07 Å². The Bertz CT molecular complexity index is 457. The number of carbonyl (C=O) groups excluding carboxylic acids is 1. The highest BCUT2D eigenvalue weighted by molar-refractivity contribution is 9.09. The van der Waals surface area contributed by atoms with E-state index in [-0.39, 0.29) is 5.91 Å². The van der Waals surface area contributed by atoms with Crippen LogP contribution in [-0.4, -0.2) is 28.7 Å². The van der Waals surface area contributed by atoms with Gasteiger partial charge in [0.1, 0.15) is 0 Å². The van der Waals surface area contributed by atoms with Crippen molar-refractivity contribution in [3.8, 4) is 0 Å². The second kappa shape index (κ2) is 6.76. The summed E-state index contributed by atoms with van der Waals surface area (Å²) in [5.74, 6) is 0.139. The van der Waals surface area contributed by atoms with Gasteiger partial charge in [0, 0.05) is 28.5 Å². The standard InChI is InChI=1S/C15H19BrClNO/c1-11-10-12(17)6-7-14(11)15(19)18(9-8-16)13-4-2-3-5-13/h6-7,10,13H,2-5,8-9H2,1H3. The van der Waals surface area contributed by atoms with Gasteiger partial charge in [-0.3, -0.25) is 4.79 Å². The van der Waals surface area contributed by atoms with E-state index in [2.05, 4.69) is 15.9 Å². The van der Waals surface area contributed by atoms with E-state index in [0.717, 1.165) is 35.8 Å². The molecule has 1 aliphatic carbocycles. The maximum absolute atomic E-state index is 12.7. The third kappa shape index (κ3) is 3.51. The lowest BCUT2D eigenvalue weighted by atomic mass is 10.1. The summed E-state index contributed by atoms with van der Waals surface area (Å²) < 4.78 is 0. The maximum atomic E-state index is 12.7. The molecule has 1 saturated carbocycles. The number of nitrogens with zero attached hydrogens (tertiary/aromatic N) is 1. The Morgan fingerprint density at radius 2 is 2.11 bits per heavy atom. The van der Waals surface area contributed by atoms with Gasteiger partial charge in [0.25, 0.3) is 5.91 Å². The van der Waals surface area contributed by atoms with Crippen LogP contribution in [0.3, 0.4) is 0 Å². The highest BCUT2D eigenvalue weighted by Crippen LogP contribution is 2.26. The van der Waals surface area contributed by atoms with Crippen LogP contribution < -0.4 is 0 Å². The fourth-order valence-corrected chi connectivity index (χ4v) is 3.39. The Morgan fingerprint density at radius 1 is 1.42 bits per heavy atom. The van der Waals surface area contributed by atoms with E-state index in [1.807, 2.05) is 24.0 Å². The van der Waals surface area contributed by atoms with Crippen molar-refractivity contribution in [1.82, 2.24) is 4.90 Å². The molecule has 0 N–H and O–H groups in total. The summed E-state index contributed by atoms with van der Waals surface area (Å²) in [6.07, 6.45) is 4.73. The van der Waals surface area contributed by atoms with Crippen molar-refractivity contribution in [1.29, 1.82) is 0 Å². The molecule has 104 valence electrons. The smallest absolute Gasteiger partial charge is 0.254 e. The average molecular weight is 345 g/mol. The first-order valence-corrected chi connectivity index (χ1v) is 8.26. The molecule has 0 spiro atoms. The first-order chi connectivity index (χ1) is 9.13. The molecule has 2 nitrogen and oxygen atoms in total. The van der Waals surface area contributed by atoms with Gasteiger partial charge in [0.2, 0.25) is 0 Å². The third-order valence-corrected chi connectivity index (χ3v) is 4.36. The minimum atomic E-state index is 0.139. The quantitative estimate of drug-likeness (QED) is 0.740.